The van der Waals surface area contributed by atoms with Crippen molar-refractivity contribution in [3.05, 3.63) is 77.4 Å². The number of amides is 2. The average Bonchev–Trinajstić information content (AvgIpc) is 3.00. The minimum absolute atomic E-state index is 0.191. The second-order valence-electron chi connectivity index (χ2n) is 7.81. The molecule has 3 aromatic rings. The zero-order valence-electron chi connectivity index (χ0n) is 19.4. The van der Waals surface area contributed by atoms with Gasteiger partial charge in [-0.2, -0.15) is 9.49 Å². The van der Waals surface area contributed by atoms with Crippen molar-refractivity contribution in [1.29, 1.82) is 0 Å². The molecule has 176 valence electrons. The maximum atomic E-state index is 13.9. The highest BCUT2D eigenvalue weighted by atomic mass is 19.1. The molecular formula is C25H26FN5O3. The van der Waals surface area contributed by atoms with E-state index in [9.17, 15) is 9.18 Å². The SMILES string of the molecule is CNC(=O)N1N=C(c2ccc(Nc3cccnc3F)cc2)c2cc(OC)c(OC)cc2C[C@@H]1C. The number of rotatable bonds is 5. The van der Waals surface area contributed by atoms with Crippen LogP contribution in [-0.4, -0.2) is 49.0 Å². The molecule has 0 aliphatic carbocycles. The van der Waals surface area contributed by atoms with E-state index in [0.29, 0.717) is 29.3 Å². The van der Waals surface area contributed by atoms with Crippen molar-refractivity contribution in [1.82, 2.24) is 15.3 Å². The molecule has 4 rings (SSSR count). The molecule has 9 heteroatoms. The van der Waals surface area contributed by atoms with Crippen molar-refractivity contribution in [2.45, 2.75) is 19.4 Å². The molecule has 1 aliphatic rings. The molecule has 8 nitrogen and oxygen atoms in total. The van der Waals surface area contributed by atoms with Gasteiger partial charge in [0.05, 0.1) is 31.7 Å². The number of hydrogen-bond donors (Lipinski definition) is 2. The number of anilines is 2. The van der Waals surface area contributed by atoms with Crippen LogP contribution in [0.1, 0.15) is 23.6 Å². The van der Waals surface area contributed by atoms with E-state index in [1.165, 1.54) is 11.2 Å². The summed E-state index contributed by atoms with van der Waals surface area (Å²) in [4.78, 5) is 16.3. The molecule has 2 amide bonds. The van der Waals surface area contributed by atoms with Gasteiger partial charge >= 0.3 is 6.03 Å². The number of hydrazone groups is 1. The first-order valence-corrected chi connectivity index (χ1v) is 10.8. The van der Waals surface area contributed by atoms with Crippen molar-refractivity contribution < 1.29 is 18.7 Å². The molecule has 0 radical (unpaired) electrons. The summed E-state index contributed by atoms with van der Waals surface area (Å²) >= 11 is 0. The van der Waals surface area contributed by atoms with Crippen LogP contribution in [0.15, 0.2) is 59.8 Å². The lowest BCUT2D eigenvalue weighted by atomic mass is 9.94. The number of halogens is 1. The molecule has 2 N–H and O–H groups in total. The van der Waals surface area contributed by atoms with Gasteiger partial charge in [0.1, 0.15) is 0 Å². The van der Waals surface area contributed by atoms with Crippen LogP contribution in [0.5, 0.6) is 11.5 Å². The fourth-order valence-electron chi connectivity index (χ4n) is 3.89. The Morgan fingerprint density at radius 1 is 1.12 bits per heavy atom. The maximum Gasteiger partial charge on any atom is 0.337 e. The summed E-state index contributed by atoms with van der Waals surface area (Å²) in [5.74, 6) is 0.601. The molecule has 1 atom stereocenters. The molecule has 2 heterocycles. The number of pyridine rings is 1. The third kappa shape index (κ3) is 4.50. The van der Waals surface area contributed by atoms with Gasteiger partial charge in [-0.05, 0) is 55.3 Å². The van der Waals surface area contributed by atoms with E-state index >= 15 is 0 Å². The first-order valence-electron chi connectivity index (χ1n) is 10.8. The fourth-order valence-corrected chi connectivity index (χ4v) is 3.89. The van der Waals surface area contributed by atoms with E-state index < -0.39 is 5.95 Å². The highest BCUT2D eigenvalue weighted by Crippen LogP contribution is 2.35. The first kappa shape index (κ1) is 23.0. The molecular weight excluding hydrogens is 437 g/mol. The highest BCUT2D eigenvalue weighted by Gasteiger charge is 2.28. The number of carbonyl (C=O) groups excluding carboxylic acids is 1. The zero-order valence-corrected chi connectivity index (χ0v) is 19.4. The summed E-state index contributed by atoms with van der Waals surface area (Å²) in [6.07, 6.45) is 1.98. The maximum absolute atomic E-state index is 13.9. The van der Waals surface area contributed by atoms with E-state index in [1.54, 1.807) is 33.4 Å². The quantitative estimate of drug-likeness (QED) is 0.551. The smallest absolute Gasteiger partial charge is 0.337 e. The van der Waals surface area contributed by atoms with Crippen LogP contribution >= 0.6 is 0 Å². The van der Waals surface area contributed by atoms with Gasteiger partial charge in [-0.1, -0.05) is 12.1 Å². The highest BCUT2D eigenvalue weighted by molar-refractivity contribution is 6.14. The number of carbonyl (C=O) groups is 1. The zero-order chi connectivity index (χ0) is 24.2. The number of benzene rings is 2. The largest absolute Gasteiger partial charge is 0.493 e. The first-order chi connectivity index (χ1) is 16.4. The van der Waals surface area contributed by atoms with Gasteiger partial charge in [0.15, 0.2) is 11.5 Å². The molecule has 1 aromatic heterocycles. The van der Waals surface area contributed by atoms with Gasteiger partial charge < -0.3 is 20.1 Å². The Hall–Kier alpha value is -4.14. The third-order valence-corrected chi connectivity index (χ3v) is 5.62. The summed E-state index contributed by atoms with van der Waals surface area (Å²) < 4.78 is 24.9. The summed E-state index contributed by atoms with van der Waals surface area (Å²) in [5, 5.41) is 11.9. The average molecular weight is 464 g/mol. The molecule has 0 saturated heterocycles. The normalized spacial score (nSPS) is 15.0. The second-order valence-corrected chi connectivity index (χ2v) is 7.81. The van der Waals surface area contributed by atoms with Crippen LogP contribution in [0.25, 0.3) is 0 Å². The number of fused-ring (bicyclic) bond motifs is 1. The second kappa shape index (κ2) is 9.78. The van der Waals surface area contributed by atoms with E-state index in [0.717, 1.165) is 16.7 Å². The van der Waals surface area contributed by atoms with Crippen molar-refractivity contribution in [2.24, 2.45) is 5.10 Å². The Morgan fingerprint density at radius 3 is 2.47 bits per heavy atom. The number of nitrogens with one attached hydrogen (secondary N) is 2. The summed E-state index contributed by atoms with van der Waals surface area (Å²) in [7, 11) is 4.74. The van der Waals surface area contributed by atoms with Crippen molar-refractivity contribution in [2.75, 3.05) is 26.6 Å². The van der Waals surface area contributed by atoms with Crippen LogP contribution in [0.3, 0.4) is 0 Å². The Labute approximate surface area is 197 Å². The number of urea groups is 1. The van der Waals surface area contributed by atoms with Gasteiger partial charge in [-0.25, -0.2) is 14.8 Å². The van der Waals surface area contributed by atoms with Crippen molar-refractivity contribution >= 4 is 23.1 Å². The Morgan fingerprint density at radius 2 is 1.82 bits per heavy atom. The third-order valence-electron chi connectivity index (χ3n) is 5.62. The summed E-state index contributed by atoms with van der Waals surface area (Å²) in [5.41, 5.74) is 4.19. The van der Waals surface area contributed by atoms with Gasteiger partial charge in [0.2, 0.25) is 5.95 Å². The molecule has 0 spiro atoms. The minimum atomic E-state index is -0.579. The predicted octanol–water partition coefficient (Wildman–Crippen LogP) is 4.32. The topological polar surface area (TPSA) is 88.1 Å². The number of ether oxygens (including phenoxy) is 2. The van der Waals surface area contributed by atoms with Crippen LogP contribution < -0.4 is 20.1 Å². The molecule has 1 aliphatic heterocycles. The monoisotopic (exact) mass is 463 g/mol. The number of aromatic nitrogens is 1. The minimum Gasteiger partial charge on any atom is -0.493 e. The molecule has 0 saturated carbocycles. The number of nitrogens with zero attached hydrogens (tertiary/aromatic N) is 3. The van der Waals surface area contributed by atoms with Crippen molar-refractivity contribution in [3.63, 3.8) is 0 Å². The standard InChI is InChI=1S/C25H26FN5O3/c1-15-12-17-13-21(33-3)22(34-4)14-19(17)23(30-31(15)25(32)27-2)16-7-9-18(10-8-16)29-20-6-5-11-28-24(20)26/h5-11,13-15,29H,12H2,1-4H3,(H,27,32)/t15-/m0/s1. The predicted molar refractivity (Wildman–Crippen MR) is 129 cm³/mol. The van der Waals surface area contributed by atoms with Gasteiger partial charge in [-0.15, -0.1) is 0 Å². The molecule has 0 unspecified atom stereocenters. The summed E-state index contributed by atoms with van der Waals surface area (Å²) in [6, 6.07) is 14.0. The molecule has 2 aromatic carbocycles. The Bertz CT molecular complexity index is 1230. The van der Waals surface area contributed by atoms with E-state index in [4.69, 9.17) is 14.6 Å². The van der Waals surface area contributed by atoms with Gasteiger partial charge in [0, 0.05) is 30.1 Å². The van der Waals surface area contributed by atoms with Gasteiger partial charge in [-0.3, -0.25) is 0 Å². The van der Waals surface area contributed by atoms with Crippen LogP contribution in [0.2, 0.25) is 0 Å². The lowest BCUT2D eigenvalue weighted by molar-refractivity contribution is 0.184. The van der Waals surface area contributed by atoms with E-state index in [-0.39, 0.29) is 17.8 Å². The lowest BCUT2D eigenvalue weighted by Gasteiger charge is -2.22. The van der Waals surface area contributed by atoms with Crippen molar-refractivity contribution in [3.8, 4) is 11.5 Å². The lowest BCUT2D eigenvalue weighted by Crippen LogP contribution is -2.41. The van der Waals surface area contributed by atoms with E-state index in [1.807, 2.05) is 43.3 Å². The number of hydrogen-bond acceptors (Lipinski definition) is 6. The molecule has 0 bridgehead atoms. The van der Waals surface area contributed by atoms with Gasteiger partial charge in [0.25, 0.3) is 0 Å². The molecule has 0 fully saturated rings. The Kier molecular flexibility index (Phi) is 6.62. The van der Waals surface area contributed by atoms with Crippen LogP contribution in [-0.2, 0) is 6.42 Å². The van der Waals surface area contributed by atoms with E-state index in [2.05, 4.69) is 15.6 Å². The number of methoxy groups -OCH3 is 2. The van der Waals surface area contributed by atoms with Crippen LogP contribution in [0.4, 0.5) is 20.6 Å². The molecule has 34 heavy (non-hydrogen) atoms. The Balaban J connectivity index is 1.78. The van der Waals surface area contributed by atoms with Crippen LogP contribution in [0, 0.1) is 5.95 Å². The summed E-state index contributed by atoms with van der Waals surface area (Å²) in [6.45, 7) is 1.94. The fraction of sp³-hybridized carbons (Fsp3) is 0.240.